The third kappa shape index (κ3) is 4.16. The Morgan fingerprint density at radius 3 is 2.35 bits per heavy atom. The van der Waals surface area contributed by atoms with Gasteiger partial charge in [-0.2, -0.15) is 0 Å². The molecule has 1 aromatic carbocycles. The maximum absolute atomic E-state index is 13.8. The molecule has 1 aliphatic heterocycles. The molecule has 1 aliphatic rings. The molecule has 0 atom stereocenters. The largest absolute Gasteiger partial charge is 0.398 e. The predicted molar refractivity (Wildman–Crippen MR) is 78.8 cm³/mol. The summed E-state index contributed by atoms with van der Waals surface area (Å²) < 4.78 is 13.8. The molecule has 5 heteroatoms. The summed E-state index contributed by atoms with van der Waals surface area (Å²) in [4.78, 5) is 4.44. The Morgan fingerprint density at radius 1 is 1.20 bits per heavy atom. The van der Waals surface area contributed by atoms with Crippen molar-refractivity contribution in [1.82, 2.24) is 9.80 Å². The first-order valence-corrected chi connectivity index (χ1v) is 7.05. The summed E-state index contributed by atoms with van der Waals surface area (Å²) in [5.74, 6) is -0.232. The van der Waals surface area contributed by atoms with Gasteiger partial charge in [0.05, 0.1) is 5.60 Å². The van der Waals surface area contributed by atoms with E-state index in [0.29, 0.717) is 24.3 Å². The molecule has 0 aromatic heterocycles. The topological polar surface area (TPSA) is 52.7 Å². The fourth-order valence-corrected chi connectivity index (χ4v) is 2.62. The third-order valence-corrected chi connectivity index (χ3v) is 3.61. The minimum absolute atomic E-state index is 0.232. The number of nitrogens with two attached hydrogens (primary N) is 1. The Labute approximate surface area is 120 Å². The van der Waals surface area contributed by atoms with Crippen LogP contribution >= 0.6 is 0 Å². The maximum Gasteiger partial charge on any atom is 0.129 e. The zero-order chi connectivity index (χ0) is 14.8. The van der Waals surface area contributed by atoms with Gasteiger partial charge in [0, 0.05) is 50.5 Å². The van der Waals surface area contributed by atoms with Crippen molar-refractivity contribution in [2.75, 3.05) is 38.5 Å². The highest BCUT2D eigenvalue weighted by atomic mass is 19.1. The van der Waals surface area contributed by atoms with Crippen LogP contribution in [0.4, 0.5) is 10.1 Å². The highest BCUT2D eigenvalue weighted by Crippen LogP contribution is 2.19. The van der Waals surface area contributed by atoms with Crippen molar-refractivity contribution in [2.24, 2.45) is 0 Å². The highest BCUT2D eigenvalue weighted by molar-refractivity contribution is 5.47. The molecule has 0 amide bonds. The van der Waals surface area contributed by atoms with Crippen molar-refractivity contribution in [1.29, 1.82) is 0 Å². The molecule has 0 bridgehead atoms. The monoisotopic (exact) mass is 281 g/mol. The van der Waals surface area contributed by atoms with Crippen molar-refractivity contribution in [2.45, 2.75) is 26.0 Å². The van der Waals surface area contributed by atoms with Crippen LogP contribution in [0.15, 0.2) is 18.2 Å². The molecule has 0 aliphatic carbocycles. The first kappa shape index (κ1) is 15.2. The number of rotatable bonds is 4. The lowest BCUT2D eigenvalue weighted by atomic mass is 10.1. The zero-order valence-electron chi connectivity index (χ0n) is 12.3. The Hall–Kier alpha value is -1.17. The lowest BCUT2D eigenvalue weighted by Gasteiger charge is -2.37. The number of benzene rings is 1. The summed E-state index contributed by atoms with van der Waals surface area (Å²) in [5, 5.41) is 9.82. The van der Waals surface area contributed by atoms with Crippen molar-refractivity contribution in [3.05, 3.63) is 29.6 Å². The summed E-state index contributed by atoms with van der Waals surface area (Å²) in [6.07, 6.45) is 0. The van der Waals surface area contributed by atoms with E-state index < -0.39 is 5.60 Å². The van der Waals surface area contributed by atoms with Crippen molar-refractivity contribution in [3.63, 3.8) is 0 Å². The molecule has 1 aromatic rings. The molecule has 1 heterocycles. The normalized spacial score (nSPS) is 18.4. The molecule has 2 rings (SSSR count). The summed E-state index contributed by atoms with van der Waals surface area (Å²) in [6.45, 7) is 8.36. The average molecular weight is 281 g/mol. The average Bonchev–Trinajstić information content (AvgIpc) is 2.34. The molecule has 3 N–H and O–H groups in total. The van der Waals surface area contributed by atoms with Crippen molar-refractivity contribution >= 4 is 5.69 Å². The summed E-state index contributed by atoms with van der Waals surface area (Å²) in [5.41, 5.74) is 6.27. The number of hydrogen-bond donors (Lipinski definition) is 2. The van der Waals surface area contributed by atoms with E-state index in [1.165, 1.54) is 6.07 Å². The molecule has 20 heavy (non-hydrogen) atoms. The number of piperazine rings is 1. The van der Waals surface area contributed by atoms with Gasteiger partial charge in [-0.1, -0.05) is 6.07 Å². The van der Waals surface area contributed by atoms with Crippen LogP contribution in [-0.4, -0.2) is 53.2 Å². The van der Waals surface area contributed by atoms with E-state index in [1.54, 1.807) is 12.1 Å². The van der Waals surface area contributed by atoms with E-state index in [-0.39, 0.29) is 5.82 Å². The van der Waals surface area contributed by atoms with Crippen LogP contribution < -0.4 is 5.73 Å². The van der Waals surface area contributed by atoms with Gasteiger partial charge < -0.3 is 10.8 Å². The molecule has 0 spiro atoms. The molecule has 1 saturated heterocycles. The first-order valence-electron chi connectivity index (χ1n) is 7.05. The van der Waals surface area contributed by atoms with Crippen molar-refractivity contribution in [3.8, 4) is 0 Å². The lowest BCUT2D eigenvalue weighted by Crippen LogP contribution is -2.50. The Bertz CT molecular complexity index is 431. The molecular weight excluding hydrogens is 257 g/mol. The Kier molecular flexibility index (Phi) is 4.62. The lowest BCUT2D eigenvalue weighted by molar-refractivity contribution is 0.0166. The van der Waals surface area contributed by atoms with E-state index in [1.807, 2.05) is 13.8 Å². The molecule has 0 unspecified atom stereocenters. The van der Waals surface area contributed by atoms with Crippen LogP contribution in [0.5, 0.6) is 0 Å². The number of aliphatic hydroxyl groups is 1. The van der Waals surface area contributed by atoms with E-state index in [9.17, 15) is 9.50 Å². The van der Waals surface area contributed by atoms with Gasteiger partial charge in [0.15, 0.2) is 0 Å². The molecule has 0 radical (unpaired) electrons. The third-order valence-electron chi connectivity index (χ3n) is 3.61. The number of hydrogen-bond acceptors (Lipinski definition) is 4. The fourth-order valence-electron chi connectivity index (χ4n) is 2.62. The van der Waals surface area contributed by atoms with Gasteiger partial charge in [-0.3, -0.25) is 9.80 Å². The zero-order valence-corrected chi connectivity index (χ0v) is 12.3. The van der Waals surface area contributed by atoms with Crippen LogP contribution in [0, 0.1) is 5.82 Å². The number of nitrogen functional groups attached to an aromatic ring is 1. The second kappa shape index (κ2) is 6.08. The van der Waals surface area contributed by atoms with Gasteiger partial charge in [-0.05, 0) is 26.0 Å². The van der Waals surface area contributed by atoms with E-state index in [4.69, 9.17) is 5.73 Å². The molecule has 1 fully saturated rings. The number of halogens is 1. The predicted octanol–water partition coefficient (Wildman–Crippen LogP) is 1.30. The van der Waals surface area contributed by atoms with Gasteiger partial charge in [0.2, 0.25) is 0 Å². The van der Waals surface area contributed by atoms with Crippen molar-refractivity contribution < 1.29 is 9.50 Å². The number of nitrogens with zero attached hydrogens (tertiary/aromatic N) is 2. The second-order valence-electron chi connectivity index (χ2n) is 6.17. The Morgan fingerprint density at radius 2 is 1.80 bits per heavy atom. The minimum atomic E-state index is -0.669. The summed E-state index contributed by atoms with van der Waals surface area (Å²) >= 11 is 0. The van der Waals surface area contributed by atoms with E-state index >= 15 is 0 Å². The van der Waals surface area contributed by atoms with Gasteiger partial charge in [-0.15, -0.1) is 0 Å². The summed E-state index contributed by atoms with van der Waals surface area (Å²) in [7, 11) is 0. The molecule has 0 saturated carbocycles. The van der Waals surface area contributed by atoms with Gasteiger partial charge in [0.1, 0.15) is 5.82 Å². The molecule has 4 nitrogen and oxygen atoms in total. The van der Waals surface area contributed by atoms with Gasteiger partial charge in [-0.25, -0.2) is 4.39 Å². The molecule has 112 valence electrons. The Balaban J connectivity index is 1.89. The van der Waals surface area contributed by atoms with E-state index in [0.717, 1.165) is 26.2 Å². The maximum atomic E-state index is 13.8. The molecular formula is C15H24FN3O. The first-order chi connectivity index (χ1) is 9.35. The van der Waals surface area contributed by atoms with Crippen LogP contribution in [0.3, 0.4) is 0 Å². The van der Waals surface area contributed by atoms with E-state index in [2.05, 4.69) is 9.80 Å². The summed E-state index contributed by atoms with van der Waals surface area (Å²) in [6, 6.07) is 4.83. The second-order valence-corrected chi connectivity index (χ2v) is 6.17. The van der Waals surface area contributed by atoms with Crippen LogP contribution in [-0.2, 0) is 6.54 Å². The highest BCUT2D eigenvalue weighted by Gasteiger charge is 2.23. The van der Waals surface area contributed by atoms with Crippen LogP contribution in [0.25, 0.3) is 0 Å². The number of β-amino-alcohol motifs (C(OH)–C–C–N with tert-alkyl or cyclic N) is 1. The van der Waals surface area contributed by atoms with Gasteiger partial charge >= 0.3 is 0 Å². The fraction of sp³-hybridized carbons (Fsp3) is 0.600. The van der Waals surface area contributed by atoms with Crippen LogP contribution in [0.2, 0.25) is 0 Å². The standard InChI is InChI=1S/C15H24FN3O/c1-15(2,20)11-19-8-6-18(7-9-19)10-12-13(16)4-3-5-14(12)17/h3-5,20H,6-11,17H2,1-2H3. The quantitative estimate of drug-likeness (QED) is 0.817. The smallest absolute Gasteiger partial charge is 0.129 e. The van der Waals surface area contributed by atoms with Crippen LogP contribution in [0.1, 0.15) is 19.4 Å². The van der Waals surface area contributed by atoms with Gasteiger partial charge in [0.25, 0.3) is 0 Å². The SMILES string of the molecule is CC(C)(O)CN1CCN(Cc2c(N)cccc2F)CC1. The number of anilines is 1. The minimum Gasteiger partial charge on any atom is -0.398 e.